The van der Waals surface area contributed by atoms with Gasteiger partial charge < -0.3 is 15.5 Å². The average Bonchev–Trinajstić information content (AvgIpc) is 2.87. The van der Waals surface area contributed by atoms with E-state index in [4.69, 9.17) is 0 Å². The van der Waals surface area contributed by atoms with Gasteiger partial charge in [0.2, 0.25) is 5.91 Å². The number of hydrogen-bond acceptors (Lipinski definition) is 3. The van der Waals surface area contributed by atoms with Crippen LogP contribution in [0.3, 0.4) is 0 Å². The van der Waals surface area contributed by atoms with Gasteiger partial charge in [0.05, 0.1) is 0 Å². The zero-order chi connectivity index (χ0) is 14.4. The van der Waals surface area contributed by atoms with Crippen LogP contribution < -0.4 is 10.6 Å². The summed E-state index contributed by atoms with van der Waals surface area (Å²) in [5, 5.41) is 6.39. The van der Waals surface area contributed by atoms with E-state index in [1.807, 2.05) is 12.1 Å². The van der Waals surface area contributed by atoms with Crippen molar-refractivity contribution >= 4 is 11.6 Å². The molecular formula is C16H25N3O. The number of likely N-dealkylation sites (N-methyl/N-ethyl adjacent to an activating group) is 1. The number of anilines is 1. The number of rotatable bonds is 7. The summed E-state index contributed by atoms with van der Waals surface area (Å²) in [7, 11) is 0. The highest BCUT2D eigenvalue weighted by atomic mass is 16.1. The van der Waals surface area contributed by atoms with Crippen molar-refractivity contribution in [1.29, 1.82) is 0 Å². The van der Waals surface area contributed by atoms with Crippen molar-refractivity contribution in [2.45, 2.75) is 26.2 Å². The van der Waals surface area contributed by atoms with Crippen molar-refractivity contribution < 1.29 is 4.79 Å². The predicted octanol–water partition coefficient (Wildman–Crippen LogP) is 2.04. The number of carbonyl (C=O) groups is 1. The van der Waals surface area contributed by atoms with E-state index in [0.717, 1.165) is 32.7 Å². The molecule has 20 heavy (non-hydrogen) atoms. The summed E-state index contributed by atoms with van der Waals surface area (Å²) in [5.74, 6) is 0.459. The Morgan fingerprint density at radius 1 is 1.35 bits per heavy atom. The standard InChI is InChI=1S/C16H25N3O/c1-3-19(4-2)10-9-17-16(20)11-13-12-18-15-8-6-5-7-14(13)15/h5-8,13,18H,3-4,9-12H2,1-2H3,(H,17,20). The van der Waals surface area contributed by atoms with Crippen LogP contribution in [0.25, 0.3) is 0 Å². The smallest absolute Gasteiger partial charge is 0.220 e. The lowest BCUT2D eigenvalue weighted by molar-refractivity contribution is -0.121. The number of hydrogen-bond donors (Lipinski definition) is 2. The van der Waals surface area contributed by atoms with Crippen LogP contribution in [-0.4, -0.2) is 43.5 Å². The third-order valence-electron chi connectivity index (χ3n) is 4.02. The maximum absolute atomic E-state index is 12.0. The first kappa shape index (κ1) is 14.9. The second kappa shape index (κ2) is 7.29. The van der Waals surface area contributed by atoms with Gasteiger partial charge in [-0.2, -0.15) is 0 Å². The fourth-order valence-corrected chi connectivity index (χ4v) is 2.73. The molecule has 0 radical (unpaired) electrons. The number of nitrogens with one attached hydrogen (secondary N) is 2. The van der Waals surface area contributed by atoms with E-state index in [9.17, 15) is 4.79 Å². The van der Waals surface area contributed by atoms with Crippen LogP contribution >= 0.6 is 0 Å². The molecule has 1 atom stereocenters. The summed E-state index contributed by atoms with van der Waals surface area (Å²) >= 11 is 0. The second-order valence-corrected chi connectivity index (χ2v) is 5.25. The zero-order valence-corrected chi connectivity index (χ0v) is 12.5. The molecule has 1 heterocycles. The molecule has 1 aromatic carbocycles. The first-order valence-electron chi connectivity index (χ1n) is 7.56. The number of para-hydroxylation sites is 1. The molecule has 1 unspecified atom stereocenters. The number of nitrogens with zero attached hydrogens (tertiary/aromatic N) is 1. The Labute approximate surface area is 121 Å². The molecule has 0 saturated heterocycles. The molecule has 0 aliphatic carbocycles. The summed E-state index contributed by atoms with van der Waals surface area (Å²) < 4.78 is 0. The Morgan fingerprint density at radius 2 is 2.10 bits per heavy atom. The normalized spacial score (nSPS) is 16.9. The van der Waals surface area contributed by atoms with Crippen molar-refractivity contribution in [3.63, 3.8) is 0 Å². The Bertz CT molecular complexity index is 443. The van der Waals surface area contributed by atoms with Crippen LogP contribution in [0.1, 0.15) is 31.7 Å². The summed E-state index contributed by atoms with van der Waals surface area (Å²) in [6.07, 6.45) is 0.572. The molecule has 1 amide bonds. The van der Waals surface area contributed by atoms with Crippen LogP contribution in [0.15, 0.2) is 24.3 Å². The average molecular weight is 275 g/mol. The van der Waals surface area contributed by atoms with Gasteiger partial charge in [-0.15, -0.1) is 0 Å². The van der Waals surface area contributed by atoms with E-state index in [0.29, 0.717) is 12.3 Å². The molecule has 4 nitrogen and oxygen atoms in total. The van der Waals surface area contributed by atoms with Crippen LogP contribution in [0.4, 0.5) is 5.69 Å². The van der Waals surface area contributed by atoms with Gasteiger partial charge in [0.25, 0.3) is 0 Å². The molecule has 1 aliphatic rings. The second-order valence-electron chi connectivity index (χ2n) is 5.25. The number of carbonyl (C=O) groups excluding carboxylic acids is 1. The lowest BCUT2D eigenvalue weighted by Crippen LogP contribution is -2.35. The number of amides is 1. The van der Waals surface area contributed by atoms with E-state index < -0.39 is 0 Å². The lowest BCUT2D eigenvalue weighted by atomic mass is 9.97. The highest BCUT2D eigenvalue weighted by molar-refractivity contribution is 5.78. The Morgan fingerprint density at radius 3 is 2.85 bits per heavy atom. The molecule has 110 valence electrons. The van der Waals surface area contributed by atoms with Crippen LogP contribution in [0, 0.1) is 0 Å². The predicted molar refractivity (Wildman–Crippen MR) is 83.1 cm³/mol. The fourth-order valence-electron chi connectivity index (χ4n) is 2.73. The van der Waals surface area contributed by atoms with Gasteiger partial charge in [-0.1, -0.05) is 32.0 Å². The minimum Gasteiger partial charge on any atom is -0.384 e. The summed E-state index contributed by atoms with van der Waals surface area (Å²) in [6.45, 7) is 8.89. The highest BCUT2D eigenvalue weighted by Crippen LogP contribution is 2.32. The van der Waals surface area contributed by atoms with E-state index in [2.05, 4.69) is 41.5 Å². The topological polar surface area (TPSA) is 44.4 Å². The molecule has 0 aromatic heterocycles. The minimum atomic E-state index is 0.153. The van der Waals surface area contributed by atoms with Gasteiger partial charge >= 0.3 is 0 Å². The largest absolute Gasteiger partial charge is 0.384 e. The molecule has 4 heteroatoms. The van der Waals surface area contributed by atoms with Crippen molar-refractivity contribution in [1.82, 2.24) is 10.2 Å². The monoisotopic (exact) mass is 275 g/mol. The number of fused-ring (bicyclic) bond motifs is 1. The number of benzene rings is 1. The Kier molecular flexibility index (Phi) is 5.41. The van der Waals surface area contributed by atoms with E-state index >= 15 is 0 Å². The van der Waals surface area contributed by atoms with Gasteiger partial charge in [-0.3, -0.25) is 4.79 Å². The molecule has 0 fully saturated rings. The molecule has 1 aliphatic heterocycles. The van der Waals surface area contributed by atoms with Crippen molar-refractivity contribution in [2.24, 2.45) is 0 Å². The summed E-state index contributed by atoms with van der Waals surface area (Å²) in [6, 6.07) is 8.26. The molecule has 2 rings (SSSR count). The molecule has 0 bridgehead atoms. The summed E-state index contributed by atoms with van der Waals surface area (Å²) in [4.78, 5) is 14.3. The van der Waals surface area contributed by atoms with Gasteiger partial charge in [0.15, 0.2) is 0 Å². The van der Waals surface area contributed by atoms with Crippen LogP contribution in [-0.2, 0) is 4.79 Å². The van der Waals surface area contributed by atoms with Crippen molar-refractivity contribution in [2.75, 3.05) is 38.0 Å². The van der Waals surface area contributed by atoms with Gasteiger partial charge in [0, 0.05) is 37.7 Å². The molecule has 0 saturated carbocycles. The van der Waals surface area contributed by atoms with Crippen molar-refractivity contribution in [3.8, 4) is 0 Å². The van der Waals surface area contributed by atoms with Crippen LogP contribution in [0.2, 0.25) is 0 Å². The van der Waals surface area contributed by atoms with E-state index in [-0.39, 0.29) is 5.91 Å². The zero-order valence-electron chi connectivity index (χ0n) is 12.5. The molecule has 2 N–H and O–H groups in total. The Hall–Kier alpha value is -1.55. The third kappa shape index (κ3) is 3.73. The quantitative estimate of drug-likeness (QED) is 0.800. The van der Waals surface area contributed by atoms with Gasteiger partial charge in [-0.05, 0) is 24.7 Å². The van der Waals surface area contributed by atoms with Gasteiger partial charge in [0.1, 0.15) is 0 Å². The maximum Gasteiger partial charge on any atom is 0.220 e. The van der Waals surface area contributed by atoms with Gasteiger partial charge in [-0.25, -0.2) is 0 Å². The third-order valence-corrected chi connectivity index (χ3v) is 4.02. The first-order valence-corrected chi connectivity index (χ1v) is 7.56. The summed E-state index contributed by atoms with van der Waals surface area (Å²) in [5.41, 5.74) is 2.44. The molecule has 1 aromatic rings. The van der Waals surface area contributed by atoms with Crippen LogP contribution in [0.5, 0.6) is 0 Å². The van der Waals surface area contributed by atoms with E-state index in [1.54, 1.807) is 0 Å². The maximum atomic E-state index is 12.0. The minimum absolute atomic E-state index is 0.153. The Balaban J connectivity index is 1.76. The molecule has 0 spiro atoms. The van der Waals surface area contributed by atoms with E-state index in [1.165, 1.54) is 11.3 Å². The fraction of sp³-hybridized carbons (Fsp3) is 0.562. The van der Waals surface area contributed by atoms with Crippen molar-refractivity contribution in [3.05, 3.63) is 29.8 Å². The highest BCUT2D eigenvalue weighted by Gasteiger charge is 2.23. The lowest BCUT2D eigenvalue weighted by Gasteiger charge is -2.18. The molecular weight excluding hydrogens is 250 g/mol. The SMILES string of the molecule is CCN(CC)CCNC(=O)CC1CNc2ccccc21. The first-order chi connectivity index (χ1) is 9.74.